The summed E-state index contributed by atoms with van der Waals surface area (Å²) in [5.74, 6) is -0.690. The number of nitrogens with zero attached hydrogens (tertiary/aromatic N) is 2. The summed E-state index contributed by atoms with van der Waals surface area (Å²) < 4.78 is 1.92. The van der Waals surface area contributed by atoms with Gasteiger partial charge < -0.3 is 9.51 Å². The van der Waals surface area contributed by atoms with E-state index in [1.807, 2.05) is 35.0 Å². The molecule has 4 nitrogen and oxygen atoms in total. The Morgan fingerprint density at radius 3 is 2.94 bits per heavy atom. The summed E-state index contributed by atoms with van der Waals surface area (Å²) >= 11 is 0. The first-order valence-corrected chi connectivity index (χ1v) is 5.36. The lowest BCUT2D eigenvalue weighted by Crippen LogP contribution is -2.17. The van der Waals surface area contributed by atoms with Gasteiger partial charge in [0.15, 0.2) is 0 Å². The molecule has 0 saturated heterocycles. The van der Waals surface area contributed by atoms with E-state index >= 15 is 0 Å². The van der Waals surface area contributed by atoms with Crippen molar-refractivity contribution in [3.05, 3.63) is 36.3 Å². The van der Waals surface area contributed by atoms with Crippen LogP contribution < -0.4 is 0 Å². The number of carboxylic acids is 1. The van der Waals surface area contributed by atoms with Crippen LogP contribution in [0.3, 0.4) is 0 Å². The molecule has 0 aromatic carbocycles. The Kier molecular flexibility index (Phi) is 1.80. The van der Waals surface area contributed by atoms with Crippen LogP contribution in [0.1, 0.15) is 18.5 Å². The average Bonchev–Trinajstić information content (AvgIpc) is 2.92. The molecule has 1 saturated carbocycles. The van der Waals surface area contributed by atoms with Gasteiger partial charge in [0, 0.05) is 18.8 Å². The smallest absolute Gasteiger partial charge is 0.310 e. The predicted octanol–water partition coefficient (Wildman–Crippen LogP) is 1.74. The van der Waals surface area contributed by atoms with Crippen molar-refractivity contribution in [2.45, 2.75) is 19.3 Å². The van der Waals surface area contributed by atoms with Crippen LogP contribution in [0.5, 0.6) is 0 Å². The van der Waals surface area contributed by atoms with Crippen LogP contribution in [0.25, 0.3) is 5.65 Å². The standard InChI is InChI=1S/C12H12N2O2/c15-11(16)12(4-5-12)7-9-8-14-6-2-1-3-10(14)13-9/h1-3,6,8H,4-5,7H2,(H,15,16). The molecule has 1 fully saturated rings. The van der Waals surface area contributed by atoms with Gasteiger partial charge in [0.05, 0.1) is 11.1 Å². The number of aliphatic carboxylic acids is 1. The highest BCUT2D eigenvalue weighted by atomic mass is 16.4. The normalized spacial score (nSPS) is 17.5. The Bertz CT molecular complexity index is 522. The van der Waals surface area contributed by atoms with Crippen molar-refractivity contribution >= 4 is 11.6 Å². The van der Waals surface area contributed by atoms with Crippen molar-refractivity contribution in [2.24, 2.45) is 5.41 Å². The number of pyridine rings is 1. The summed E-state index contributed by atoms with van der Waals surface area (Å²) in [6.07, 6.45) is 5.93. The molecule has 3 rings (SSSR count). The van der Waals surface area contributed by atoms with Crippen molar-refractivity contribution in [3.8, 4) is 0 Å². The maximum absolute atomic E-state index is 11.1. The van der Waals surface area contributed by atoms with Gasteiger partial charge in [0.2, 0.25) is 0 Å². The zero-order chi connectivity index (χ0) is 11.2. The molecular formula is C12H12N2O2. The van der Waals surface area contributed by atoms with E-state index < -0.39 is 11.4 Å². The summed E-state index contributed by atoms with van der Waals surface area (Å²) in [4.78, 5) is 15.5. The number of rotatable bonds is 3. The molecule has 2 aromatic rings. The fourth-order valence-corrected chi connectivity index (χ4v) is 2.04. The molecule has 2 heterocycles. The highest BCUT2D eigenvalue weighted by Crippen LogP contribution is 2.48. The first kappa shape index (κ1) is 9.39. The lowest BCUT2D eigenvalue weighted by Gasteiger charge is -2.05. The Morgan fingerprint density at radius 2 is 2.31 bits per heavy atom. The maximum Gasteiger partial charge on any atom is 0.310 e. The fourth-order valence-electron chi connectivity index (χ4n) is 2.04. The van der Waals surface area contributed by atoms with Crippen molar-refractivity contribution in [1.29, 1.82) is 0 Å². The molecule has 0 unspecified atom stereocenters. The van der Waals surface area contributed by atoms with Crippen molar-refractivity contribution in [1.82, 2.24) is 9.38 Å². The van der Waals surface area contributed by atoms with E-state index in [4.69, 9.17) is 5.11 Å². The van der Waals surface area contributed by atoms with Crippen LogP contribution in [-0.4, -0.2) is 20.5 Å². The highest BCUT2D eigenvalue weighted by Gasteiger charge is 2.50. The zero-order valence-corrected chi connectivity index (χ0v) is 8.76. The molecule has 2 aromatic heterocycles. The third kappa shape index (κ3) is 1.38. The monoisotopic (exact) mass is 216 g/mol. The molecule has 4 heteroatoms. The largest absolute Gasteiger partial charge is 0.481 e. The molecule has 1 aliphatic carbocycles. The molecule has 0 aliphatic heterocycles. The molecule has 0 bridgehead atoms. The van der Waals surface area contributed by atoms with Gasteiger partial charge in [-0.3, -0.25) is 4.79 Å². The van der Waals surface area contributed by atoms with Crippen LogP contribution in [-0.2, 0) is 11.2 Å². The topological polar surface area (TPSA) is 54.6 Å². The van der Waals surface area contributed by atoms with Crippen LogP contribution in [0, 0.1) is 5.41 Å². The number of carboxylic acid groups (broad SMARTS) is 1. The Labute approximate surface area is 92.5 Å². The predicted molar refractivity (Wildman–Crippen MR) is 58.2 cm³/mol. The Hall–Kier alpha value is -1.84. The summed E-state index contributed by atoms with van der Waals surface area (Å²) in [6.45, 7) is 0. The van der Waals surface area contributed by atoms with Gasteiger partial charge >= 0.3 is 5.97 Å². The number of aromatic nitrogens is 2. The number of hydrogen-bond acceptors (Lipinski definition) is 2. The molecule has 0 spiro atoms. The van der Waals surface area contributed by atoms with E-state index in [9.17, 15) is 4.79 Å². The first-order valence-electron chi connectivity index (χ1n) is 5.36. The Balaban J connectivity index is 1.93. The minimum absolute atomic E-state index is 0.530. The molecule has 0 amide bonds. The van der Waals surface area contributed by atoms with E-state index in [0.717, 1.165) is 24.2 Å². The minimum Gasteiger partial charge on any atom is -0.481 e. The molecule has 16 heavy (non-hydrogen) atoms. The molecule has 0 radical (unpaired) electrons. The molecule has 1 N–H and O–H groups in total. The van der Waals surface area contributed by atoms with E-state index in [1.54, 1.807) is 0 Å². The van der Waals surface area contributed by atoms with Gasteiger partial charge in [0.1, 0.15) is 5.65 Å². The quantitative estimate of drug-likeness (QED) is 0.850. The third-order valence-corrected chi connectivity index (χ3v) is 3.24. The third-order valence-electron chi connectivity index (χ3n) is 3.24. The van der Waals surface area contributed by atoms with Crippen LogP contribution in [0.4, 0.5) is 0 Å². The zero-order valence-electron chi connectivity index (χ0n) is 8.76. The van der Waals surface area contributed by atoms with Crippen molar-refractivity contribution < 1.29 is 9.90 Å². The van der Waals surface area contributed by atoms with Crippen molar-refractivity contribution in [2.75, 3.05) is 0 Å². The molecular weight excluding hydrogens is 204 g/mol. The van der Waals surface area contributed by atoms with E-state index in [2.05, 4.69) is 4.98 Å². The second kappa shape index (κ2) is 3.07. The molecule has 82 valence electrons. The van der Waals surface area contributed by atoms with Gasteiger partial charge in [-0.15, -0.1) is 0 Å². The van der Waals surface area contributed by atoms with E-state index in [-0.39, 0.29) is 0 Å². The van der Waals surface area contributed by atoms with E-state index in [0.29, 0.717) is 6.42 Å². The number of hydrogen-bond donors (Lipinski definition) is 1. The lowest BCUT2D eigenvalue weighted by atomic mass is 10.0. The van der Waals surface area contributed by atoms with Crippen molar-refractivity contribution in [3.63, 3.8) is 0 Å². The van der Waals surface area contributed by atoms with Gasteiger partial charge in [-0.25, -0.2) is 4.98 Å². The van der Waals surface area contributed by atoms with Gasteiger partial charge in [-0.05, 0) is 25.0 Å². The van der Waals surface area contributed by atoms with Crippen LogP contribution in [0.15, 0.2) is 30.6 Å². The number of carbonyl (C=O) groups is 1. The van der Waals surface area contributed by atoms with Gasteiger partial charge in [-0.2, -0.15) is 0 Å². The summed E-state index contributed by atoms with van der Waals surface area (Å²) in [5.41, 5.74) is 1.21. The maximum atomic E-state index is 11.1. The second-order valence-electron chi connectivity index (χ2n) is 4.46. The Morgan fingerprint density at radius 1 is 1.50 bits per heavy atom. The van der Waals surface area contributed by atoms with Gasteiger partial charge in [-0.1, -0.05) is 6.07 Å². The highest BCUT2D eigenvalue weighted by molar-refractivity contribution is 5.78. The SMILES string of the molecule is O=C(O)C1(Cc2cn3ccccc3n2)CC1. The van der Waals surface area contributed by atoms with Gasteiger partial charge in [0.25, 0.3) is 0 Å². The number of fused-ring (bicyclic) bond motifs is 1. The summed E-state index contributed by atoms with van der Waals surface area (Å²) in [7, 11) is 0. The molecule has 0 atom stereocenters. The molecule has 1 aliphatic rings. The second-order valence-corrected chi connectivity index (χ2v) is 4.46. The van der Waals surface area contributed by atoms with Crippen LogP contribution in [0.2, 0.25) is 0 Å². The fraction of sp³-hybridized carbons (Fsp3) is 0.333. The van der Waals surface area contributed by atoms with Crippen LogP contribution >= 0.6 is 0 Å². The number of imidazole rings is 1. The average molecular weight is 216 g/mol. The van der Waals surface area contributed by atoms with E-state index in [1.165, 1.54) is 0 Å². The lowest BCUT2D eigenvalue weighted by molar-refractivity contribution is -0.143. The summed E-state index contributed by atoms with van der Waals surface area (Å²) in [6, 6.07) is 5.78. The minimum atomic E-state index is -0.690. The first-order chi connectivity index (χ1) is 7.70. The summed E-state index contributed by atoms with van der Waals surface area (Å²) in [5, 5.41) is 9.11.